The molecule has 0 spiro atoms. The molecule has 0 saturated carbocycles. The summed E-state index contributed by atoms with van der Waals surface area (Å²) in [5.74, 6) is 0. The fourth-order valence-electron chi connectivity index (χ4n) is 2.08. The summed E-state index contributed by atoms with van der Waals surface area (Å²) in [5.41, 5.74) is 7.56. The van der Waals surface area contributed by atoms with Gasteiger partial charge in [0.2, 0.25) is 0 Å². The van der Waals surface area contributed by atoms with Crippen LogP contribution in [0.2, 0.25) is 0 Å². The third kappa shape index (κ3) is 7.11. The molecule has 1 rings (SSSR count). The van der Waals surface area contributed by atoms with Gasteiger partial charge in [-0.2, -0.15) is 0 Å². The van der Waals surface area contributed by atoms with E-state index in [0.29, 0.717) is 0 Å². The van der Waals surface area contributed by atoms with Crippen LogP contribution in [-0.4, -0.2) is 44.3 Å². The molecule has 0 saturated heterocycles. The number of rotatable bonds is 10. The third-order valence-corrected chi connectivity index (χ3v) is 3.14. The summed E-state index contributed by atoms with van der Waals surface area (Å²) in [6.45, 7) is 7.18. The van der Waals surface area contributed by atoms with Gasteiger partial charge < -0.3 is 10.5 Å². The molecule has 3 nitrogen and oxygen atoms in total. The Balaban J connectivity index is 2.31. The Hall–Kier alpha value is -1.16. The number of nitrogens with zero attached hydrogens (tertiary/aromatic N) is 1. The SMILES string of the molecule is C=CCN(CCOC)CC(N)CCc1ccccc1. The average molecular weight is 262 g/mol. The molecular weight excluding hydrogens is 236 g/mol. The summed E-state index contributed by atoms with van der Waals surface area (Å²) in [4.78, 5) is 2.28. The van der Waals surface area contributed by atoms with Crippen molar-refractivity contribution in [1.29, 1.82) is 0 Å². The fraction of sp³-hybridized carbons (Fsp3) is 0.500. The van der Waals surface area contributed by atoms with Crippen molar-refractivity contribution >= 4 is 0 Å². The summed E-state index contributed by atoms with van der Waals surface area (Å²) in [6, 6.07) is 10.7. The molecule has 0 aliphatic rings. The molecule has 2 N–H and O–H groups in total. The summed E-state index contributed by atoms with van der Waals surface area (Å²) in [7, 11) is 1.72. The molecule has 1 aromatic rings. The smallest absolute Gasteiger partial charge is 0.0589 e. The maximum Gasteiger partial charge on any atom is 0.0589 e. The maximum absolute atomic E-state index is 6.21. The quantitative estimate of drug-likeness (QED) is 0.656. The Morgan fingerprint density at radius 2 is 2.11 bits per heavy atom. The molecule has 0 aromatic heterocycles. The van der Waals surface area contributed by atoms with E-state index in [9.17, 15) is 0 Å². The van der Waals surface area contributed by atoms with Gasteiger partial charge in [-0.05, 0) is 18.4 Å². The van der Waals surface area contributed by atoms with E-state index in [1.165, 1.54) is 5.56 Å². The normalized spacial score (nSPS) is 12.6. The lowest BCUT2D eigenvalue weighted by Gasteiger charge is -2.24. The van der Waals surface area contributed by atoms with Gasteiger partial charge in [-0.1, -0.05) is 36.4 Å². The Kier molecular flexibility index (Phi) is 8.14. The number of benzene rings is 1. The first-order valence-electron chi connectivity index (χ1n) is 6.88. The summed E-state index contributed by atoms with van der Waals surface area (Å²) < 4.78 is 5.11. The van der Waals surface area contributed by atoms with Crippen LogP contribution in [0.5, 0.6) is 0 Å². The molecule has 0 heterocycles. The van der Waals surface area contributed by atoms with Crippen LogP contribution in [0.3, 0.4) is 0 Å². The van der Waals surface area contributed by atoms with Crippen molar-refractivity contribution in [2.45, 2.75) is 18.9 Å². The second-order valence-corrected chi connectivity index (χ2v) is 4.83. The zero-order valence-electron chi connectivity index (χ0n) is 11.9. The predicted octanol–water partition coefficient (Wildman–Crippen LogP) is 2.08. The summed E-state index contributed by atoms with van der Waals surface area (Å²) in [5, 5.41) is 0. The lowest BCUT2D eigenvalue weighted by Crippen LogP contribution is -2.39. The van der Waals surface area contributed by atoms with Gasteiger partial charge in [0, 0.05) is 32.8 Å². The van der Waals surface area contributed by atoms with Crippen LogP contribution in [0, 0.1) is 0 Å². The van der Waals surface area contributed by atoms with Gasteiger partial charge in [0.25, 0.3) is 0 Å². The van der Waals surface area contributed by atoms with Gasteiger partial charge in [0.05, 0.1) is 6.61 Å². The van der Waals surface area contributed by atoms with Crippen LogP contribution >= 0.6 is 0 Å². The van der Waals surface area contributed by atoms with E-state index >= 15 is 0 Å². The molecule has 0 aliphatic carbocycles. The zero-order chi connectivity index (χ0) is 13.9. The van der Waals surface area contributed by atoms with E-state index in [1.807, 2.05) is 12.1 Å². The van der Waals surface area contributed by atoms with Crippen molar-refractivity contribution in [3.63, 3.8) is 0 Å². The monoisotopic (exact) mass is 262 g/mol. The van der Waals surface area contributed by atoms with Crippen LogP contribution < -0.4 is 5.73 Å². The number of aryl methyl sites for hydroxylation is 1. The molecular formula is C16H26N2O. The Bertz CT molecular complexity index is 340. The minimum atomic E-state index is 0.192. The molecule has 0 radical (unpaired) electrons. The first-order chi connectivity index (χ1) is 9.26. The Labute approximate surface area is 117 Å². The molecule has 0 aliphatic heterocycles. The van der Waals surface area contributed by atoms with Gasteiger partial charge in [-0.3, -0.25) is 4.90 Å². The van der Waals surface area contributed by atoms with Gasteiger partial charge in [0.15, 0.2) is 0 Å². The number of hydrogen-bond donors (Lipinski definition) is 1. The van der Waals surface area contributed by atoms with Crippen molar-refractivity contribution in [2.75, 3.05) is 33.4 Å². The molecule has 0 amide bonds. The largest absolute Gasteiger partial charge is 0.383 e. The summed E-state index contributed by atoms with van der Waals surface area (Å²) >= 11 is 0. The van der Waals surface area contributed by atoms with E-state index < -0.39 is 0 Å². The number of hydrogen-bond acceptors (Lipinski definition) is 3. The lowest BCUT2D eigenvalue weighted by molar-refractivity contribution is 0.150. The molecule has 0 fully saturated rings. The zero-order valence-corrected chi connectivity index (χ0v) is 11.9. The van der Waals surface area contributed by atoms with Gasteiger partial charge in [0.1, 0.15) is 0 Å². The highest BCUT2D eigenvalue weighted by Crippen LogP contribution is 2.05. The van der Waals surface area contributed by atoms with Crippen LogP contribution in [0.4, 0.5) is 0 Å². The van der Waals surface area contributed by atoms with E-state index in [0.717, 1.165) is 39.1 Å². The van der Waals surface area contributed by atoms with Crippen LogP contribution in [0.15, 0.2) is 43.0 Å². The standard InChI is InChI=1S/C16H26N2O/c1-3-11-18(12-13-19-2)14-16(17)10-9-15-7-5-4-6-8-15/h3-8,16H,1,9-14,17H2,2H3. The molecule has 106 valence electrons. The van der Waals surface area contributed by atoms with Crippen molar-refractivity contribution in [1.82, 2.24) is 4.90 Å². The van der Waals surface area contributed by atoms with Crippen LogP contribution in [-0.2, 0) is 11.2 Å². The molecule has 1 aromatic carbocycles. The number of nitrogens with two attached hydrogens (primary N) is 1. The average Bonchev–Trinajstić information content (AvgIpc) is 2.44. The maximum atomic E-state index is 6.21. The molecule has 0 bridgehead atoms. The predicted molar refractivity (Wildman–Crippen MR) is 81.3 cm³/mol. The van der Waals surface area contributed by atoms with Gasteiger partial charge in [-0.15, -0.1) is 6.58 Å². The van der Waals surface area contributed by atoms with Crippen molar-refractivity contribution in [2.24, 2.45) is 5.73 Å². The summed E-state index contributed by atoms with van der Waals surface area (Å²) in [6.07, 6.45) is 3.96. The third-order valence-electron chi connectivity index (χ3n) is 3.14. The highest BCUT2D eigenvalue weighted by atomic mass is 16.5. The van der Waals surface area contributed by atoms with Crippen LogP contribution in [0.25, 0.3) is 0 Å². The van der Waals surface area contributed by atoms with E-state index in [1.54, 1.807) is 7.11 Å². The Morgan fingerprint density at radius 1 is 1.37 bits per heavy atom. The molecule has 19 heavy (non-hydrogen) atoms. The first-order valence-corrected chi connectivity index (χ1v) is 6.88. The second kappa shape index (κ2) is 9.73. The van der Waals surface area contributed by atoms with Crippen molar-refractivity contribution in [3.8, 4) is 0 Å². The molecule has 1 unspecified atom stereocenters. The molecule has 1 atom stereocenters. The number of methoxy groups -OCH3 is 1. The van der Waals surface area contributed by atoms with E-state index in [-0.39, 0.29) is 6.04 Å². The van der Waals surface area contributed by atoms with E-state index in [4.69, 9.17) is 10.5 Å². The lowest BCUT2D eigenvalue weighted by atomic mass is 10.1. The second-order valence-electron chi connectivity index (χ2n) is 4.83. The fourth-order valence-corrected chi connectivity index (χ4v) is 2.08. The minimum absolute atomic E-state index is 0.192. The topological polar surface area (TPSA) is 38.5 Å². The Morgan fingerprint density at radius 3 is 2.74 bits per heavy atom. The highest BCUT2D eigenvalue weighted by Gasteiger charge is 2.09. The number of ether oxygens (including phenoxy) is 1. The van der Waals surface area contributed by atoms with Crippen molar-refractivity contribution < 1.29 is 4.74 Å². The van der Waals surface area contributed by atoms with Crippen molar-refractivity contribution in [3.05, 3.63) is 48.6 Å². The van der Waals surface area contributed by atoms with Gasteiger partial charge >= 0.3 is 0 Å². The van der Waals surface area contributed by atoms with Crippen LogP contribution in [0.1, 0.15) is 12.0 Å². The minimum Gasteiger partial charge on any atom is -0.383 e. The van der Waals surface area contributed by atoms with Gasteiger partial charge in [-0.25, -0.2) is 0 Å². The van der Waals surface area contributed by atoms with E-state index in [2.05, 4.69) is 35.7 Å². The highest BCUT2D eigenvalue weighted by molar-refractivity contribution is 5.14. The first kappa shape index (κ1) is 15.9. The molecule has 3 heteroatoms.